The van der Waals surface area contributed by atoms with Crippen LogP contribution in [0.15, 0.2) is 46.9 Å². The lowest BCUT2D eigenvalue weighted by atomic mass is 10.1. The lowest BCUT2D eigenvalue weighted by molar-refractivity contribution is 0.102. The average Bonchev–Trinajstić information content (AvgIpc) is 2.41. The third-order valence-corrected chi connectivity index (χ3v) is 4.10. The first kappa shape index (κ1) is 16.0. The summed E-state index contributed by atoms with van der Waals surface area (Å²) in [4.78, 5) is 14.3. The molecule has 0 aliphatic heterocycles. The van der Waals surface area contributed by atoms with Crippen LogP contribution in [-0.4, -0.2) is 24.9 Å². The Labute approximate surface area is 138 Å². The van der Waals surface area contributed by atoms with E-state index in [1.165, 1.54) is 0 Å². The number of anilines is 1. The highest BCUT2D eigenvalue weighted by Crippen LogP contribution is 2.23. The zero-order chi connectivity index (χ0) is 15.4. The molecule has 0 aliphatic carbocycles. The summed E-state index contributed by atoms with van der Waals surface area (Å²) >= 11 is 9.32. The molecule has 21 heavy (non-hydrogen) atoms. The lowest BCUT2D eigenvalue weighted by Gasteiger charge is -2.11. The van der Waals surface area contributed by atoms with Gasteiger partial charge >= 0.3 is 0 Å². The molecule has 3 nitrogen and oxygen atoms in total. The van der Waals surface area contributed by atoms with Gasteiger partial charge in [-0.25, -0.2) is 0 Å². The van der Waals surface area contributed by atoms with Crippen molar-refractivity contribution in [3.8, 4) is 0 Å². The fraction of sp³-hybridized carbons (Fsp3) is 0.188. The smallest absolute Gasteiger partial charge is 0.255 e. The van der Waals surface area contributed by atoms with Crippen LogP contribution in [-0.2, 0) is 6.54 Å². The molecule has 0 spiro atoms. The quantitative estimate of drug-likeness (QED) is 0.868. The molecular formula is C16H16BrClN2O. The Balaban J connectivity index is 2.13. The van der Waals surface area contributed by atoms with Crippen LogP contribution in [0.4, 0.5) is 5.69 Å². The van der Waals surface area contributed by atoms with Gasteiger partial charge in [-0.15, -0.1) is 0 Å². The molecular weight excluding hydrogens is 352 g/mol. The molecule has 2 aromatic carbocycles. The Morgan fingerprint density at radius 1 is 1.24 bits per heavy atom. The lowest BCUT2D eigenvalue weighted by Crippen LogP contribution is -2.13. The van der Waals surface area contributed by atoms with Gasteiger partial charge in [-0.3, -0.25) is 4.79 Å². The van der Waals surface area contributed by atoms with E-state index in [4.69, 9.17) is 11.6 Å². The minimum absolute atomic E-state index is 0.175. The van der Waals surface area contributed by atoms with Crippen molar-refractivity contribution in [1.29, 1.82) is 0 Å². The normalized spacial score (nSPS) is 10.7. The summed E-state index contributed by atoms with van der Waals surface area (Å²) in [6, 6.07) is 12.9. The summed E-state index contributed by atoms with van der Waals surface area (Å²) in [6.45, 7) is 0.827. The number of nitrogens with one attached hydrogen (secondary N) is 1. The second kappa shape index (κ2) is 7.07. The number of hydrogen-bond acceptors (Lipinski definition) is 2. The molecule has 0 aliphatic rings. The fourth-order valence-electron chi connectivity index (χ4n) is 1.95. The highest BCUT2D eigenvalue weighted by Gasteiger charge is 2.08. The van der Waals surface area contributed by atoms with Crippen molar-refractivity contribution in [2.45, 2.75) is 6.54 Å². The van der Waals surface area contributed by atoms with Gasteiger partial charge in [-0.1, -0.05) is 23.7 Å². The number of carbonyl (C=O) groups excluding carboxylic acids is 1. The number of carbonyl (C=O) groups is 1. The van der Waals surface area contributed by atoms with E-state index in [0.29, 0.717) is 10.6 Å². The fourth-order valence-corrected chi connectivity index (χ4v) is 2.38. The molecule has 1 amide bonds. The minimum atomic E-state index is -0.175. The molecule has 0 bridgehead atoms. The maximum Gasteiger partial charge on any atom is 0.255 e. The zero-order valence-corrected chi connectivity index (χ0v) is 14.2. The SMILES string of the molecule is CN(C)Cc1cccc(NC(=O)c2ccc(Br)c(Cl)c2)c1. The van der Waals surface area contributed by atoms with Crippen LogP contribution in [0.5, 0.6) is 0 Å². The molecule has 1 N–H and O–H groups in total. The van der Waals surface area contributed by atoms with E-state index >= 15 is 0 Å². The Bertz CT molecular complexity index is 658. The average molecular weight is 368 g/mol. The Hall–Kier alpha value is -1.36. The van der Waals surface area contributed by atoms with E-state index in [1.807, 2.05) is 38.4 Å². The molecule has 0 saturated carbocycles. The van der Waals surface area contributed by atoms with Gasteiger partial charge < -0.3 is 10.2 Å². The zero-order valence-electron chi connectivity index (χ0n) is 11.9. The number of hydrogen-bond donors (Lipinski definition) is 1. The van der Waals surface area contributed by atoms with E-state index in [1.54, 1.807) is 18.2 Å². The summed E-state index contributed by atoms with van der Waals surface area (Å²) in [5.41, 5.74) is 2.45. The Morgan fingerprint density at radius 2 is 2.00 bits per heavy atom. The van der Waals surface area contributed by atoms with Crippen LogP contribution in [0.2, 0.25) is 5.02 Å². The first-order chi connectivity index (χ1) is 9.95. The van der Waals surface area contributed by atoms with Crippen molar-refractivity contribution >= 4 is 39.1 Å². The molecule has 0 atom stereocenters. The van der Waals surface area contributed by atoms with Gasteiger partial charge in [0.05, 0.1) is 5.02 Å². The largest absolute Gasteiger partial charge is 0.322 e. The molecule has 2 rings (SSSR count). The Morgan fingerprint density at radius 3 is 2.67 bits per heavy atom. The summed E-state index contributed by atoms with van der Waals surface area (Å²) in [6.07, 6.45) is 0. The van der Waals surface area contributed by atoms with Crippen LogP contribution in [0.3, 0.4) is 0 Å². The second-order valence-electron chi connectivity index (χ2n) is 5.02. The van der Waals surface area contributed by atoms with Crippen LogP contribution >= 0.6 is 27.5 Å². The van der Waals surface area contributed by atoms with Crippen LogP contribution in [0.1, 0.15) is 15.9 Å². The van der Waals surface area contributed by atoms with Crippen LogP contribution in [0.25, 0.3) is 0 Å². The predicted octanol–water partition coefficient (Wildman–Crippen LogP) is 4.42. The van der Waals surface area contributed by atoms with E-state index in [0.717, 1.165) is 22.3 Å². The molecule has 0 radical (unpaired) electrons. The number of halogens is 2. The van der Waals surface area contributed by atoms with E-state index < -0.39 is 0 Å². The van der Waals surface area contributed by atoms with Crippen molar-refractivity contribution in [2.24, 2.45) is 0 Å². The van der Waals surface area contributed by atoms with Gasteiger partial charge in [0.2, 0.25) is 0 Å². The van der Waals surface area contributed by atoms with Gasteiger partial charge in [0.25, 0.3) is 5.91 Å². The van der Waals surface area contributed by atoms with E-state index in [9.17, 15) is 4.79 Å². The maximum absolute atomic E-state index is 12.2. The molecule has 2 aromatic rings. The van der Waals surface area contributed by atoms with Crippen molar-refractivity contribution in [3.63, 3.8) is 0 Å². The van der Waals surface area contributed by atoms with Crippen molar-refractivity contribution in [3.05, 3.63) is 63.1 Å². The maximum atomic E-state index is 12.2. The molecule has 110 valence electrons. The minimum Gasteiger partial charge on any atom is -0.322 e. The number of rotatable bonds is 4. The van der Waals surface area contributed by atoms with Crippen molar-refractivity contribution < 1.29 is 4.79 Å². The molecule has 0 unspecified atom stereocenters. The van der Waals surface area contributed by atoms with Crippen molar-refractivity contribution in [2.75, 3.05) is 19.4 Å². The van der Waals surface area contributed by atoms with Crippen LogP contribution < -0.4 is 5.32 Å². The van der Waals surface area contributed by atoms with Crippen molar-refractivity contribution in [1.82, 2.24) is 4.90 Å². The monoisotopic (exact) mass is 366 g/mol. The highest BCUT2D eigenvalue weighted by molar-refractivity contribution is 9.10. The number of benzene rings is 2. The number of nitrogens with zero attached hydrogens (tertiary/aromatic N) is 1. The highest BCUT2D eigenvalue weighted by atomic mass is 79.9. The van der Waals surface area contributed by atoms with Gasteiger partial charge in [-0.2, -0.15) is 0 Å². The summed E-state index contributed by atoms with van der Waals surface area (Å²) in [5.74, 6) is -0.175. The molecule has 0 saturated heterocycles. The first-order valence-electron chi connectivity index (χ1n) is 6.46. The summed E-state index contributed by atoms with van der Waals surface area (Å²) < 4.78 is 0.772. The summed E-state index contributed by atoms with van der Waals surface area (Å²) in [7, 11) is 4.02. The first-order valence-corrected chi connectivity index (χ1v) is 7.63. The van der Waals surface area contributed by atoms with Gasteiger partial charge in [0, 0.05) is 22.3 Å². The summed E-state index contributed by atoms with van der Waals surface area (Å²) in [5, 5.41) is 3.40. The standard InChI is InChI=1S/C16H16BrClN2O/c1-20(2)10-11-4-3-5-13(8-11)19-16(21)12-6-7-14(17)15(18)9-12/h3-9H,10H2,1-2H3,(H,19,21). The topological polar surface area (TPSA) is 32.3 Å². The van der Waals surface area contributed by atoms with Gasteiger partial charge in [0.1, 0.15) is 0 Å². The van der Waals surface area contributed by atoms with Gasteiger partial charge in [-0.05, 0) is 65.9 Å². The molecule has 5 heteroatoms. The molecule has 0 aromatic heterocycles. The molecule has 0 fully saturated rings. The predicted molar refractivity (Wildman–Crippen MR) is 90.9 cm³/mol. The third kappa shape index (κ3) is 4.56. The molecule has 0 heterocycles. The van der Waals surface area contributed by atoms with Crippen LogP contribution in [0, 0.1) is 0 Å². The Kier molecular flexibility index (Phi) is 5.39. The van der Waals surface area contributed by atoms with Gasteiger partial charge in [0.15, 0.2) is 0 Å². The second-order valence-corrected chi connectivity index (χ2v) is 6.28. The van der Waals surface area contributed by atoms with E-state index in [2.05, 4.69) is 26.1 Å². The van der Waals surface area contributed by atoms with E-state index in [-0.39, 0.29) is 5.91 Å². The third-order valence-electron chi connectivity index (χ3n) is 2.87. The number of amides is 1.